The van der Waals surface area contributed by atoms with E-state index in [0.29, 0.717) is 49.8 Å². The molecule has 1 aromatic carbocycles. The smallest absolute Gasteiger partial charge is 0.262 e. The molecule has 0 radical (unpaired) electrons. The molecule has 1 aromatic heterocycles. The van der Waals surface area contributed by atoms with Crippen LogP contribution < -0.4 is 14.8 Å². The Labute approximate surface area is 169 Å². The highest BCUT2D eigenvalue weighted by Crippen LogP contribution is 2.32. The molecule has 3 heterocycles. The average molecular weight is 420 g/mol. The third kappa shape index (κ3) is 3.95. The minimum atomic E-state index is -3.63. The van der Waals surface area contributed by atoms with Gasteiger partial charge < -0.3 is 19.4 Å². The maximum Gasteiger partial charge on any atom is 0.262 e. The molecule has 156 valence electrons. The third-order valence-electron chi connectivity index (χ3n) is 5.42. The minimum Gasteiger partial charge on any atom is -0.454 e. The second-order valence-corrected chi connectivity index (χ2v) is 9.21. The number of sulfonamides is 1. The number of nitrogens with one attached hydrogen (secondary N) is 1. The van der Waals surface area contributed by atoms with Crippen LogP contribution in [-0.2, 0) is 28.4 Å². The zero-order chi connectivity index (χ0) is 20.6. The Morgan fingerprint density at radius 3 is 2.66 bits per heavy atom. The molecule has 2 aliphatic heterocycles. The number of ether oxygens (including phenoxy) is 2. The number of aromatic nitrogens is 2. The molecule has 1 N–H and O–H groups in total. The van der Waals surface area contributed by atoms with E-state index in [1.165, 1.54) is 10.5 Å². The van der Waals surface area contributed by atoms with E-state index in [2.05, 4.69) is 10.3 Å². The van der Waals surface area contributed by atoms with E-state index in [4.69, 9.17) is 9.47 Å². The summed E-state index contributed by atoms with van der Waals surface area (Å²) in [5.41, 5.74) is 0.924. The first-order chi connectivity index (χ1) is 13.8. The van der Waals surface area contributed by atoms with Crippen molar-refractivity contribution in [2.45, 2.75) is 31.3 Å². The van der Waals surface area contributed by atoms with Crippen molar-refractivity contribution in [3.63, 3.8) is 0 Å². The molecule has 2 aliphatic rings. The van der Waals surface area contributed by atoms with Gasteiger partial charge in [-0.05, 0) is 37.5 Å². The van der Waals surface area contributed by atoms with E-state index in [9.17, 15) is 13.2 Å². The topological polar surface area (TPSA) is 103 Å². The van der Waals surface area contributed by atoms with E-state index in [1.807, 2.05) is 18.2 Å². The summed E-state index contributed by atoms with van der Waals surface area (Å²) in [5.74, 6) is 1.76. The molecular weight excluding hydrogens is 396 g/mol. The number of rotatable bonds is 5. The summed E-state index contributed by atoms with van der Waals surface area (Å²) in [7, 11) is -1.87. The molecule has 29 heavy (non-hydrogen) atoms. The molecule has 1 fully saturated rings. The number of aryl methyl sites for hydroxylation is 2. The fourth-order valence-electron chi connectivity index (χ4n) is 3.53. The fourth-order valence-corrected chi connectivity index (χ4v) is 5.02. The second kappa shape index (κ2) is 7.68. The van der Waals surface area contributed by atoms with E-state index >= 15 is 0 Å². The molecule has 9 nitrogen and oxygen atoms in total. The lowest BCUT2D eigenvalue weighted by Gasteiger charge is -2.29. The quantitative estimate of drug-likeness (QED) is 0.779. The maximum absolute atomic E-state index is 12.8. The normalized spacial score (nSPS) is 17.4. The second-order valence-electron chi connectivity index (χ2n) is 7.32. The molecule has 0 atom stereocenters. The van der Waals surface area contributed by atoms with Gasteiger partial charge >= 0.3 is 0 Å². The monoisotopic (exact) mass is 420 g/mol. The van der Waals surface area contributed by atoms with E-state index in [1.54, 1.807) is 18.5 Å². The van der Waals surface area contributed by atoms with Gasteiger partial charge in [-0.2, -0.15) is 4.31 Å². The summed E-state index contributed by atoms with van der Waals surface area (Å²) in [5, 5.41) is 3.00. The van der Waals surface area contributed by atoms with Gasteiger partial charge in [0, 0.05) is 38.8 Å². The molecule has 2 aromatic rings. The molecule has 10 heteroatoms. The van der Waals surface area contributed by atoms with Crippen molar-refractivity contribution < 1.29 is 22.7 Å². The zero-order valence-corrected chi connectivity index (χ0v) is 17.2. The van der Waals surface area contributed by atoms with E-state index in [-0.39, 0.29) is 23.6 Å². The SMILES string of the molecule is Cc1nc(S(=O)(=O)N2CCC(C(=O)NCc3ccc4c(c3)OCO4)CC2)cn1C. The van der Waals surface area contributed by atoms with Gasteiger partial charge in [0.25, 0.3) is 10.0 Å². The van der Waals surface area contributed by atoms with Crippen LogP contribution in [0.4, 0.5) is 0 Å². The summed E-state index contributed by atoms with van der Waals surface area (Å²) >= 11 is 0. The summed E-state index contributed by atoms with van der Waals surface area (Å²) in [6.45, 7) is 2.97. The van der Waals surface area contributed by atoms with E-state index in [0.717, 1.165) is 5.56 Å². The third-order valence-corrected chi connectivity index (χ3v) is 7.19. The van der Waals surface area contributed by atoms with Crippen LogP contribution >= 0.6 is 0 Å². The highest BCUT2D eigenvalue weighted by atomic mass is 32.2. The predicted molar refractivity (Wildman–Crippen MR) is 104 cm³/mol. The van der Waals surface area contributed by atoms with Gasteiger partial charge in [-0.25, -0.2) is 13.4 Å². The van der Waals surface area contributed by atoms with Crippen LogP contribution in [0, 0.1) is 12.8 Å². The lowest BCUT2D eigenvalue weighted by Crippen LogP contribution is -2.43. The van der Waals surface area contributed by atoms with Crippen LogP contribution in [0.1, 0.15) is 24.2 Å². The number of hydrogen-bond donors (Lipinski definition) is 1. The Hall–Kier alpha value is -2.59. The number of carbonyl (C=O) groups is 1. The van der Waals surface area contributed by atoms with Crippen LogP contribution in [0.3, 0.4) is 0 Å². The van der Waals surface area contributed by atoms with Crippen molar-refractivity contribution in [3.05, 3.63) is 35.8 Å². The standard InChI is InChI=1S/C19H24N4O5S/c1-13-21-18(11-22(13)2)29(25,26)23-7-5-15(6-8-23)19(24)20-10-14-3-4-16-17(9-14)28-12-27-16/h3-4,9,11,15H,5-8,10,12H2,1-2H3,(H,20,24). The van der Waals surface area contributed by atoms with Gasteiger partial charge in [-0.3, -0.25) is 4.79 Å². The van der Waals surface area contributed by atoms with Crippen molar-refractivity contribution in [2.75, 3.05) is 19.9 Å². The predicted octanol–water partition coefficient (Wildman–Crippen LogP) is 1.17. The van der Waals surface area contributed by atoms with Gasteiger partial charge in [0.2, 0.25) is 12.7 Å². The van der Waals surface area contributed by atoms with Crippen molar-refractivity contribution in [2.24, 2.45) is 13.0 Å². The van der Waals surface area contributed by atoms with Gasteiger partial charge in [0.05, 0.1) is 0 Å². The highest BCUT2D eigenvalue weighted by molar-refractivity contribution is 7.89. The lowest BCUT2D eigenvalue weighted by atomic mass is 9.97. The number of amides is 1. The molecular formula is C19H24N4O5S. The van der Waals surface area contributed by atoms with Crippen molar-refractivity contribution in [3.8, 4) is 11.5 Å². The molecule has 0 spiro atoms. The molecule has 1 amide bonds. The number of piperidine rings is 1. The Morgan fingerprint density at radius 2 is 1.97 bits per heavy atom. The minimum absolute atomic E-state index is 0.0585. The van der Waals surface area contributed by atoms with Crippen LogP contribution in [-0.4, -0.2) is 48.1 Å². The Balaban J connectivity index is 1.31. The Kier molecular flexibility index (Phi) is 5.22. The summed E-state index contributed by atoms with van der Waals surface area (Å²) < 4.78 is 39.2. The first kappa shape index (κ1) is 19.7. The molecule has 0 unspecified atom stereocenters. The average Bonchev–Trinajstić information content (AvgIpc) is 3.32. The van der Waals surface area contributed by atoms with Crippen LogP contribution in [0.5, 0.6) is 11.5 Å². The summed E-state index contributed by atoms with van der Waals surface area (Å²) in [6.07, 6.45) is 2.49. The van der Waals surface area contributed by atoms with Gasteiger partial charge in [-0.1, -0.05) is 6.07 Å². The molecule has 1 saturated heterocycles. The van der Waals surface area contributed by atoms with Crippen LogP contribution in [0.2, 0.25) is 0 Å². The molecule has 0 saturated carbocycles. The van der Waals surface area contributed by atoms with Crippen molar-refractivity contribution in [1.29, 1.82) is 0 Å². The van der Waals surface area contributed by atoms with Crippen molar-refractivity contribution >= 4 is 15.9 Å². The molecule has 0 aliphatic carbocycles. The number of benzene rings is 1. The lowest BCUT2D eigenvalue weighted by molar-refractivity contribution is -0.126. The first-order valence-electron chi connectivity index (χ1n) is 9.51. The first-order valence-corrected chi connectivity index (χ1v) is 10.9. The number of fused-ring (bicyclic) bond motifs is 1. The number of carbonyl (C=O) groups excluding carboxylic acids is 1. The fraction of sp³-hybridized carbons (Fsp3) is 0.474. The summed E-state index contributed by atoms with van der Waals surface area (Å²) in [4.78, 5) is 16.7. The van der Waals surface area contributed by atoms with Crippen molar-refractivity contribution in [1.82, 2.24) is 19.2 Å². The zero-order valence-electron chi connectivity index (χ0n) is 16.4. The van der Waals surface area contributed by atoms with Crippen LogP contribution in [0.15, 0.2) is 29.4 Å². The largest absolute Gasteiger partial charge is 0.454 e. The van der Waals surface area contributed by atoms with Gasteiger partial charge in [-0.15, -0.1) is 0 Å². The van der Waals surface area contributed by atoms with E-state index < -0.39 is 10.0 Å². The number of imidazole rings is 1. The number of hydrogen-bond acceptors (Lipinski definition) is 6. The maximum atomic E-state index is 12.8. The summed E-state index contributed by atoms with van der Waals surface area (Å²) in [6, 6.07) is 5.57. The van der Waals surface area contributed by atoms with Crippen LogP contribution in [0.25, 0.3) is 0 Å². The molecule has 0 bridgehead atoms. The Bertz CT molecular complexity index is 1010. The highest BCUT2D eigenvalue weighted by Gasteiger charge is 2.33. The number of nitrogens with zero attached hydrogens (tertiary/aromatic N) is 3. The van der Waals surface area contributed by atoms with Gasteiger partial charge in [0.1, 0.15) is 5.82 Å². The Morgan fingerprint density at radius 1 is 1.24 bits per heavy atom. The van der Waals surface area contributed by atoms with Gasteiger partial charge in [0.15, 0.2) is 16.5 Å². The molecule has 4 rings (SSSR count).